The highest BCUT2D eigenvalue weighted by molar-refractivity contribution is 5.80. The van der Waals surface area contributed by atoms with Crippen LogP contribution in [-0.4, -0.2) is 50.6 Å². The van der Waals surface area contributed by atoms with Gasteiger partial charge in [-0.3, -0.25) is 10.1 Å². The van der Waals surface area contributed by atoms with Crippen molar-refractivity contribution in [2.24, 2.45) is 5.92 Å². The molecule has 0 radical (unpaired) electrons. The van der Waals surface area contributed by atoms with Crippen LogP contribution in [0.5, 0.6) is 0 Å². The summed E-state index contributed by atoms with van der Waals surface area (Å²) in [5.74, 6) is -0.644. The van der Waals surface area contributed by atoms with E-state index in [9.17, 15) is 9.90 Å². The number of rotatable bonds is 8. The van der Waals surface area contributed by atoms with Crippen LogP contribution in [-0.2, 0) is 14.3 Å². The molecule has 88 valence electrons. The smallest absolute Gasteiger partial charge is 0.326 e. The van der Waals surface area contributed by atoms with Crippen LogP contribution < -0.4 is 5.32 Å². The van der Waals surface area contributed by atoms with Crippen molar-refractivity contribution in [2.45, 2.75) is 18.4 Å². The van der Waals surface area contributed by atoms with E-state index in [4.69, 9.17) is 9.47 Å². The van der Waals surface area contributed by atoms with Crippen molar-refractivity contribution >= 4 is 5.97 Å². The van der Waals surface area contributed by atoms with Crippen molar-refractivity contribution < 1.29 is 19.4 Å². The first-order valence-electron chi connectivity index (χ1n) is 5.13. The number of hydrogen-bond donors (Lipinski definition) is 2. The van der Waals surface area contributed by atoms with Crippen molar-refractivity contribution in [1.29, 1.82) is 0 Å². The molecular formula is C10H19NO4. The molecule has 0 bridgehead atoms. The van der Waals surface area contributed by atoms with Gasteiger partial charge in [0.2, 0.25) is 0 Å². The average molecular weight is 217 g/mol. The first-order valence-corrected chi connectivity index (χ1v) is 5.13. The second-order valence-corrected chi connectivity index (χ2v) is 3.90. The van der Waals surface area contributed by atoms with Gasteiger partial charge in [-0.15, -0.1) is 0 Å². The number of carbonyl (C=O) groups is 1. The minimum absolute atomic E-state index is 0.187. The number of methoxy groups -OCH3 is 2. The number of ether oxygens (including phenoxy) is 2. The molecule has 0 heterocycles. The molecule has 1 atom stereocenters. The minimum Gasteiger partial charge on any atom is -0.480 e. The molecule has 1 saturated carbocycles. The summed E-state index contributed by atoms with van der Waals surface area (Å²) in [5, 5.41) is 12.3. The van der Waals surface area contributed by atoms with E-state index in [-0.39, 0.29) is 12.5 Å². The molecule has 0 aliphatic heterocycles. The number of carboxylic acid groups (broad SMARTS) is 1. The molecule has 0 spiro atoms. The van der Waals surface area contributed by atoms with E-state index < -0.39 is 11.5 Å². The molecule has 1 aliphatic rings. The van der Waals surface area contributed by atoms with E-state index in [2.05, 4.69) is 5.32 Å². The van der Waals surface area contributed by atoms with E-state index >= 15 is 0 Å². The maximum atomic E-state index is 11.3. The molecule has 5 nitrogen and oxygen atoms in total. The Hall–Kier alpha value is -0.650. The SMILES string of the molecule is COCCNC(COC)(C(=O)O)C1CC1. The molecule has 0 aromatic heterocycles. The molecule has 1 rings (SSSR count). The normalized spacial score (nSPS) is 19.9. The minimum atomic E-state index is -0.923. The van der Waals surface area contributed by atoms with Gasteiger partial charge in [0, 0.05) is 20.8 Å². The van der Waals surface area contributed by atoms with Crippen LogP contribution in [0.4, 0.5) is 0 Å². The van der Waals surface area contributed by atoms with Crippen LogP contribution >= 0.6 is 0 Å². The largest absolute Gasteiger partial charge is 0.480 e. The third kappa shape index (κ3) is 2.90. The first-order chi connectivity index (χ1) is 7.17. The lowest BCUT2D eigenvalue weighted by molar-refractivity contribution is -0.148. The zero-order chi connectivity index (χ0) is 11.3. The second-order valence-electron chi connectivity index (χ2n) is 3.90. The number of hydrogen-bond acceptors (Lipinski definition) is 4. The van der Waals surface area contributed by atoms with Gasteiger partial charge < -0.3 is 14.6 Å². The summed E-state index contributed by atoms with van der Waals surface area (Å²) in [6.07, 6.45) is 1.91. The molecule has 2 N–H and O–H groups in total. The number of carboxylic acids is 1. The summed E-state index contributed by atoms with van der Waals surface area (Å²) in [6.45, 7) is 1.24. The van der Waals surface area contributed by atoms with Crippen molar-refractivity contribution in [3.8, 4) is 0 Å². The standard InChI is InChI=1S/C10H19NO4/c1-14-6-5-11-10(7-15-2,9(12)13)8-3-4-8/h8,11H,3-7H2,1-2H3,(H,12,13). The van der Waals surface area contributed by atoms with Gasteiger partial charge in [-0.05, 0) is 18.8 Å². The molecule has 15 heavy (non-hydrogen) atoms. The fourth-order valence-corrected chi connectivity index (χ4v) is 1.81. The van der Waals surface area contributed by atoms with Crippen LogP contribution in [0.3, 0.4) is 0 Å². The van der Waals surface area contributed by atoms with Crippen LogP contribution in [0.25, 0.3) is 0 Å². The average Bonchev–Trinajstić information content (AvgIpc) is 3.00. The predicted octanol–water partition coefficient (Wildman–Crippen LogP) is 0.102. The van der Waals surface area contributed by atoms with Crippen molar-refractivity contribution in [1.82, 2.24) is 5.32 Å². The highest BCUT2D eigenvalue weighted by Crippen LogP contribution is 2.40. The monoisotopic (exact) mass is 217 g/mol. The third-order valence-electron chi connectivity index (χ3n) is 2.77. The zero-order valence-electron chi connectivity index (χ0n) is 9.28. The van der Waals surface area contributed by atoms with Crippen LogP contribution in [0.2, 0.25) is 0 Å². The van der Waals surface area contributed by atoms with Gasteiger partial charge in [0.25, 0.3) is 0 Å². The lowest BCUT2D eigenvalue weighted by Crippen LogP contribution is -2.58. The molecule has 1 aliphatic carbocycles. The Balaban J connectivity index is 2.59. The molecule has 0 saturated heterocycles. The van der Waals surface area contributed by atoms with Gasteiger partial charge >= 0.3 is 5.97 Å². The van der Waals surface area contributed by atoms with Gasteiger partial charge in [-0.25, -0.2) is 0 Å². The Morgan fingerprint density at radius 1 is 1.47 bits per heavy atom. The fraction of sp³-hybridized carbons (Fsp3) is 0.900. The van der Waals surface area contributed by atoms with E-state index in [1.54, 1.807) is 7.11 Å². The van der Waals surface area contributed by atoms with Crippen molar-refractivity contribution in [3.63, 3.8) is 0 Å². The summed E-state index contributed by atoms with van der Waals surface area (Å²) >= 11 is 0. The van der Waals surface area contributed by atoms with E-state index in [0.717, 1.165) is 12.8 Å². The van der Waals surface area contributed by atoms with E-state index in [1.165, 1.54) is 7.11 Å². The van der Waals surface area contributed by atoms with Gasteiger partial charge in [0.05, 0.1) is 13.2 Å². The van der Waals surface area contributed by atoms with E-state index in [1.807, 2.05) is 0 Å². The predicted molar refractivity (Wildman–Crippen MR) is 54.8 cm³/mol. The maximum absolute atomic E-state index is 11.3. The molecule has 5 heteroatoms. The Kier molecular flexibility index (Phi) is 4.50. The fourth-order valence-electron chi connectivity index (χ4n) is 1.81. The quantitative estimate of drug-likeness (QED) is 0.564. The highest BCUT2D eigenvalue weighted by atomic mass is 16.5. The summed E-state index contributed by atoms with van der Waals surface area (Å²) in [6, 6.07) is 0. The third-order valence-corrected chi connectivity index (χ3v) is 2.77. The Bertz CT molecular complexity index is 217. The molecule has 0 aromatic rings. The van der Waals surface area contributed by atoms with Gasteiger partial charge in [0.1, 0.15) is 5.54 Å². The van der Waals surface area contributed by atoms with Gasteiger partial charge in [0.15, 0.2) is 0 Å². The number of nitrogens with one attached hydrogen (secondary N) is 1. The van der Waals surface area contributed by atoms with Crippen LogP contribution in [0.15, 0.2) is 0 Å². The Morgan fingerprint density at radius 2 is 2.13 bits per heavy atom. The van der Waals surface area contributed by atoms with E-state index in [0.29, 0.717) is 13.2 Å². The van der Waals surface area contributed by atoms with Gasteiger partial charge in [-0.2, -0.15) is 0 Å². The summed E-state index contributed by atoms with van der Waals surface area (Å²) < 4.78 is 9.92. The van der Waals surface area contributed by atoms with Crippen molar-refractivity contribution in [3.05, 3.63) is 0 Å². The molecule has 1 unspecified atom stereocenters. The summed E-state index contributed by atoms with van der Waals surface area (Å²) in [4.78, 5) is 11.3. The lowest BCUT2D eigenvalue weighted by Gasteiger charge is -2.30. The molecular weight excluding hydrogens is 198 g/mol. The number of aliphatic carboxylic acids is 1. The summed E-state index contributed by atoms with van der Waals surface area (Å²) in [5.41, 5.74) is -0.923. The molecule has 0 amide bonds. The molecule has 0 aromatic carbocycles. The molecule has 1 fully saturated rings. The highest BCUT2D eigenvalue weighted by Gasteiger charge is 2.51. The maximum Gasteiger partial charge on any atom is 0.326 e. The van der Waals surface area contributed by atoms with Gasteiger partial charge in [-0.1, -0.05) is 0 Å². The topological polar surface area (TPSA) is 67.8 Å². The Morgan fingerprint density at radius 3 is 2.53 bits per heavy atom. The Labute approximate surface area is 89.8 Å². The first kappa shape index (κ1) is 12.4. The zero-order valence-corrected chi connectivity index (χ0v) is 9.28. The van der Waals surface area contributed by atoms with Crippen molar-refractivity contribution in [2.75, 3.05) is 34.0 Å². The second kappa shape index (κ2) is 5.44. The summed E-state index contributed by atoms with van der Waals surface area (Å²) in [7, 11) is 3.12. The lowest BCUT2D eigenvalue weighted by atomic mass is 9.94. The van der Waals surface area contributed by atoms with Crippen LogP contribution in [0, 0.1) is 5.92 Å². The van der Waals surface area contributed by atoms with Crippen LogP contribution in [0.1, 0.15) is 12.8 Å².